The highest BCUT2D eigenvalue weighted by molar-refractivity contribution is 5.03. The summed E-state index contributed by atoms with van der Waals surface area (Å²) in [6.45, 7) is 1.45. The van der Waals surface area contributed by atoms with Gasteiger partial charge in [-0.25, -0.2) is 4.79 Å². The molecule has 9 nitrogen and oxygen atoms in total. The van der Waals surface area contributed by atoms with E-state index in [1.165, 1.54) is 13.1 Å². The van der Waals surface area contributed by atoms with Gasteiger partial charge in [0.25, 0.3) is 5.56 Å². The van der Waals surface area contributed by atoms with Crippen molar-refractivity contribution < 1.29 is 19.7 Å². The molecule has 5 N–H and O–H groups in total. The van der Waals surface area contributed by atoms with Crippen LogP contribution in [-0.4, -0.2) is 51.4 Å². The zero-order chi connectivity index (χ0) is 14.9. The first-order valence-corrected chi connectivity index (χ1v) is 6.07. The monoisotopic (exact) mass is 287 g/mol. The number of aliphatic hydroxyl groups excluding tert-OH is 2. The van der Waals surface area contributed by atoms with E-state index in [4.69, 9.17) is 15.2 Å². The van der Waals surface area contributed by atoms with E-state index in [1.54, 1.807) is 0 Å². The van der Waals surface area contributed by atoms with Crippen LogP contribution >= 0.6 is 0 Å². The molecule has 2 rings (SSSR count). The molecule has 1 fully saturated rings. The highest BCUT2D eigenvalue weighted by atomic mass is 16.6. The minimum Gasteiger partial charge on any atom is -0.387 e. The lowest BCUT2D eigenvalue weighted by Gasteiger charge is -2.17. The molecule has 0 aromatic carbocycles. The van der Waals surface area contributed by atoms with Crippen LogP contribution in [0.5, 0.6) is 0 Å². The summed E-state index contributed by atoms with van der Waals surface area (Å²) in [4.78, 5) is 25.1. The number of H-pyrrole nitrogens is 1. The Morgan fingerprint density at radius 1 is 1.45 bits per heavy atom. The van der Waals surface area contributed by atoms with Gasteiger partial charge in [-0.2, -0.15) is 0 Å². The van der Waals surface area contributed by atoms with Crippen molar-refractivity contribution in [1.29, 1.82) is 0 Å². The molecule has 0 amide bonds. The molecule has 9 heteroatoms. The zero-order valence-corrected chi connectivity index (χ0v) is 10.9. The standard InChI is InChI=1S/C11H17N3O6/c1-5-2-14(11(18)13-9(5)17)10-8(16)7(15)6(20-10)3-19-4-12/h2,6-8,10,15-16H,3-4,12H2,1H3,(H,13,17,18)/t6-,7-,8-,10-/m1/s1. The van der Waals surface area contributed by atoms with Crippen molar-refractivity contribution in [3.63, 3.8) is 0 Å². The van der Waals surface area contributed by atoms with Gasteiger partial charge < -0.3 is 25.4 Å². The second kappa shape index (κ2) is 5.85. The van der Waals surface area contributed by atoms with Gasteiger partial charge in [-0.1, -0.05) is 0 Å². The number of hydrogen-bond donors (Lipinski definition) is 4. The average Bonchev–Trinajstić information content (AvgIpc) is 2.68. The number of aliphatic hydroxyl groups is 2. The van der Waals surface area contributed by atoms with Crippen LogP contribution in [0.25, 0.3) is 0 Å². The molecule has 0 unspecified atom stereocenters. The van der Waals surface area contributed by atoms with Crippen LogP contribution in [0.4, 0.5) is 0 Å². The van der Waals surface area contributed by atoms with E-state index in [-0.39, 0.29) is 18.9 Å². The SMILES string of the molecule is Cc1cn([C@@H]2O[C@H](COCN)[C@@H](O)[C@H]2O)c(=O)[nH]c1=O. The molecule has 1 aromatic heterocycles. The number of nitrogens with two attached hydrogens (primary N) is 1. The van der Waals surface area contributed by atoms with Crippen molar-refractivity contribution in [2.75, 3.05) is 13.3 Å². The molecule has 112 valence electrons. The molecular formula is C11H17N3O6. The molecule has 1 aromatic rings. The Morgan fingerprint density at radius 2 is 2.15 bits per heavy atom. The van der Waals surface area contributed by atoms with E-state index >= 15 is 0 Å². The second-order valence-corrected chi connectivity index (χ2v) is 4.56. The molecule has 0 saturated carbocycles. The summed E-state index contributed by atoms with van der Waals surface area (Å²) in [5.74, 6) is 0. The Bertz CT molecular complexity index is 582. The van der Waals surface area contributed by atoms with Crippen molar-refractivity contribution in [2.45, 2.75) is 31.5 Å². The fraction of sp³-hybridized carbons (Fsp3) is 0.636. The highest BCUT2D eigenvalue weighted by Gasteiger charge is 2.44. The maximum absolute atomic E-state index is 11.7. The Morgan fingerprint density at radius 3 is 2.80 bits per heavy atom. The van der Waals surface area contributed by atoms with Gasteiger partial charge in [0, 0.05) is 11.8 Å². The zero-order valence-electron chi connectivity index (χ0n) is 10.9. The van der Waals surface area contributed by atoms with E-state index in [0.717, 1.165) is 4.57 Å². The highest BCUT2D eigenvalue weighted by Crippen LogP contribution is 2.28. The van der Waals surface area contributed by atoms with E-state index in [9.17, 15) is 19.8 Å². The first kappa shape index (κ1) is 14.9. The molecule has 0 bridgehead atoms. The second-order valence-electron chi connectivity index (χ2n) is 4.56. The maximum Gasteiger partial charge on any atom is 0.330 e. The number of aromatic nitrogens is 2. The summed E-state index contributed by atoms with van der Waals surface area (Å²) in [5.41, 5.74) is 4.23. The fourth-order valence-electron chi connectivity index (χ4n) is 2.06. The van der Waals surface area contributed by atoms with E-state index < -0.39 is 35.8 Å². The minimum atomic E-state index is -1.32. The summed E-state index contributed by atoms with van der Waals surface area (Å²) in [6, 6.07) is 0. The van der Waals surface area contributed by atoms with Gasteiger partial charge in [-0.15, -0.1) is 0 Å². The first-order chi connectivity index (χ1) is 9.45. The van der Waals surface area contributed by atoms with Crippen LogP contribution < -0.4 is 17.0 Å². The normalized spacial score (nSPS) is 29.8. The third-order valence-corrected chi connectivity index (χ3v) is 3.16. The molecule has 0 aliphatic carbocycles. The van der Waals surface area contributed by atoms with Crippen molar-refractivity contribution in [1.82, 2.24) is 9.55 Å². The first-order valence-electron chi connectivity index (χ1n) is 6.07. The molecule has 20 heavy (non-hydrogen) atoms. The lowest BCUT2D eigenvalue weighted by atomic mass is 10.1. The van der Waals surface area contributed by atoms with Gasteiger partial charge in [0.15, 0.2) is 6.23 Å². The maximum atomic E-state index is 11.7. The van der Waals surface area contributed by atoms with Crippen LogP contribution in [0.1, 0.15) is 11.8 Å². The summed E-state index contributed by atoms with van der Waals surface area (Å²) in [5, 5.41) is 19.8. The Balaban J connectivity index is 2.28. The predicted octanol–water partition coefficient (Wildman–Crippen LogP) is -2.60. The number of rotatable bonds is 4. The Labute approximate surface area is 113 Å². The van der Waals surface area contributed by atoms with Gasteiger partial charge in [0.2, 0.25) is 0 Å². The lowest BCUT2D eigenvalue weighted by molar-refractivity contribution is -0.0677. The number of aromatic amines is 1. The predicted molar refractivity (Wildman–Crippen MR) is 67.0 cm³/mol. The van der Waals surface area contributed by atoms with Crippen LogP contribution in [0.2, 0.25) is 0 Å². The topological polar surface area (TPSA) is 140 Å². The third kappa shape index (κ3) is 2.67. The lowest BCUT2D eigenvalue weighted by Crippen LogP contribution is -2.38. The third-order valence-electron chi connectivity index (χ3n) is 3.16. The largest absolute Gasteiger partial charge is 0.387 e. The van der Waals surface area contributed by atoms with Crippen molar-refractivity contribution >= 4 is 0 Å². The molecular weight excluding hydrogens is 270 g/mol. The number of aryl methyl sites for hydroxylation is 1. The molecule has 1 aliphatic heterocycles. The summed E-state index contributed by atoms with van der Waals surface area (Å²) in [7, 11) is 0. The van der Waals surface area contributed by atoms with Gasteiger partial charge in [-0.05, 0) is 6.92 Å². The van der Waals surface area contributed by atoms with Gasteiger partial charge in [0.1, 0.15) is 18.3 Å². The van der Waals surface area contributed by atoms with Crippen molar-refractivity contribution in [3.8, 4) is 0 Å². The van der Waals surface area contributed by atoms with E-state index in [2.05, 4.69) is 4.98 Å². The molecule has 4 atom stereocenters. The van der Waals surface area contributed by atoms with Crippen LogP contribution in [0.15, 0.2) is 15.8 Å². The number of hydrogen-bond acceptors (Lipinski definition) is 7. The van der Waals surface area contributed by atoms with Crippen LogP contribution in [0.3, 0.4) is 0 Å². The fourth-order valence-corrected chi connectivity index (χ4v) is 2.06. The van der Waals surface area contributed by atoms with E-state index in [0.29, 0.717) is 0 Å². The Kier molecular flexibility index (Phi) is 4.35. The number of nitrogens with zero attached hydrogens (tertiary/aromatic N) is 1. The smallest absolute Gasteiger partial charge is 0.330 e. The van der Waals surface area contributed by atoms with Crippen LogP contribution in [-0.2, 0) is 9.47 Å². The molecule has 1 saturated heterocycles. The molecule has 1 aliphatic rings. The quantitative estimate of drug-likeness (QED) is 0.445. The minimum absolute atomic E-state index is 0.0116. The summed E-state index contributed by atoms with van der Waals surface area (Å²) in [6.07, 6.45) is -3.17. The Hall–Kier alpha value is -1.52. The molecule has 0 spiro atoms. The summed E-state index contributed by atoms with van der Waals surface area (Å²) < 4.78 is 11.4. The number of nitrogens with one attached hydrogen (secondary N) is 1. The average molecular weight is 287 g/mol. The molecule has 0 radical (unpaired) electrons. The van der Waals surface area contributed by atoms with E-state index in [1.807, 2.05) is 0 Å². The molecule has 2 heterocycles. The van der Waals surface area contributed by atoms with Gasteiger partial charge >= 0.3 is 5.69 Å². The summed E-state index contributed by atoms with van der Waals surface area (Å²) >= 11 is 0. The van der Waals surface area contributed by atoms with Crippen molar-refractivity contribution in [2.24, 2.45) is 5.73 Å². The van der Waals surface area contributed by atoms with Gasteiger partial charge in [-0.3, -0.25) is 14.3 Å². The number of ether oxygens (including phenoxy) is 2. The van der Waals surface area contributed by atoms with Crippen molar-refractivity contribution in [3.05, 3.63) is 32.6 Å². The van der Waals surface area contributed by atoms with Gasteiger partial charge in [0.05, 0.1) is 13.3 Å². The van der Waals surface area contributed by atoms with Crippen LogP contribution in [0, 0.1) is 6.92 Å².